The van der Waals surface area contributed by atoms with Crippen LogP contribution in [0.2, 0.25) is 10.0 Å². The second-order valence-corrected chi connectivity index (χ2v) is 6.54. The van der Waals surface area contributed by atoms with Crippen molar-refractivity contribution in [2.75, 3.05) is 11.1 Å². The number of hydrogen-bond donors (Lipinski definition) is 2. The molecular formula is C16H11Cl2N3O3S. The Balaban J connectivity index is 1.62. The van der Waals surface area contributed by atoms with Crippen LogP contribution in [0.5, 0.6) is 5.75 Å². The summed E-state index contributed by atoms with van der Waals surface area (Å²) in [7, 11) is 0. The maximum atomic E-state index is 12.0. The molecule has 128 valence electrons. The predicted molar refractivity (Wildman–Crippen MR) is 97.2 cm³/mol. The average Bonchev–Trinajstić information content (AvgIpc) is 3.06. The Morgan fingerprint density at radius 1 is 1.16 bits per heavy atom. The quantitative estimate of drug-likeness (QED) is 0.619. The van der Waals surface area contributed by atoms with Crippen molar-refractivity contribution in [2.45, 2.75) is 5.22 Å². The van der Waals surface area contributed by atoms with Crippen molar-refractivity contribution in [3.05, 3.63) is 52.5 Å². The molecule has 0 unspecified atom stereocenters. The molecule has 0 bridgehead atoms. The molecule has 0 saturated carbocycles. The van der Waals surface area contributed by atoms with E-state index in [1.165, 1.54) is 6.07 Å². The molecule has 25 heavy (non-hydrogen) atoms. The van der Waals surface area contributed by atoms with Gasteiger partial charge in [-0.05, 0) is 24.3 Å². The van der Waals surface area contributed by atoms with Gasteiger partial charge in [0.1, 0.15) is 5.75 Å². The Morgan fingerprint density at radius 2 is 1.96 bits per heavy atom. The lowest BCUT2D eigenvalue weighted by Gasteiger charge is -2.07. The Bertz CT molecular complexity index is 917. The fourth-order valence-corrected chi connectivity index (χ4v) is 2.86. The minimum Gasteiger partial charge on any atom is -0.507 e. The molecule has 1 amide bonds. The molecule has 3 aromatic rings. The van der Waals surface area contributed by atoms with E-state index in [1.54, 1.807) is 36.4 Å². The molecule has 0 fully saturated rings. The van der Waals surface area contributed by atoms with Crippen molar-refractivity contribution in [2.24, 2.45) is 0 Å². The van der Waals surface area contributed by atoms with E-state index in [9.17, 15) is 9.90 Å². The summed E-state index contributed by atoms with van der Waals surface area (Å²) in [5, 5.41) is 21.0. The van der Waals surface area contributed by atoms with Gasteiger partial charge in [0.25, 0.3) is 11.1 Å². The summed E-state index contributed by atoms with van der Waals surface area (Å²) < 4.78 is 5.45. The van der Waals surface area contributed by atoms with Crippen LogP contribution in [0.3, 0.4) is 0 Å². The van der Waals surface area contributed by atoms with Gasteiger partial charge >= 0.3 is 0 Å². The number of para-hydroxylation sites is 1. The molecule has 0 saturated heterocycles. The van der Waals surface area contributed by atoms with Crippen molar-refractivity contribution in [1.29, 1.82) is 0 Å². The first kappa shape index (κ1) is 17.6. The molecule has 2 aromatic carbocycles. The first-order valence-corrected chi connectivity index (χ1v) is 8.77. The predicted octanol–water partition coefficient (Wildman–Crippen LogP) is 4.48. The van der Waals surface area contributed by atoms with Gasteiger partial charge in [0.15, 0.2) is 0 Å². The van der Waals surface area contributed by atoms with E-state index >= 15 is 0 Å². The molecule has 6 nitrogen and oxygen atoms in total. The van der Waals surface area contributed by atoms with Gasteiger partial charge in [-0.2, -0.15) is 0 Å². The van der Waals surface area contributed by atoms with Gasteiger partial charge in [-0.15, -0.1) is 10.2 Å². The molecule has 3 rings (SSSR count). The number of nitrogens with zero attached hydrogens (tertiary/aromatic N) is 2. The Morgan fingerprint density at radius 3 is 2.76 bits per heavy atom. The van der Waals surface area contributed by atoms with Gasteiger partial charge in [-0.1, -0.05) is 53.2 Å². The van der Waals surface area contributed by atoms with Crippen LogP contribution in [-0.2, 0) is 4.79 Å². The van der Waals surface area contributed by atoms with E-state index < -0.39 is 0 Å². The number of benzene rings is 2. The van der Waals surface area contributed by atoms with Crippen LogP contribution < -0.4 is 5.32 Å². The highest BCUT2D eigenvalue weighted by Crippen LogP contribution is 2.31. The molecule has 0 aliphatic heterocycles. The van der Waals surface area contributed by atoms with Gasteiger partial charge in [-0.3, -0.25) is 4.79 Å². The summed E-state index contributed by atoms with van der Waals surface area (Å²) >= 11 is 13.0. The Labute approximate surface area is 157 Å². The van der Waals surface area contributed by atoms with Crippen LogP contribution in [0.15, 0.2) is 52.1 Å². The van der Waals surface area contributed by atoms with Crippen LogP contribution in [0.4, 0.5) is 5.69 Å². The number of carbonyl (C=O) groups excluding carboxylic acids is 1. The SMILES string of the molecule is O=C(CSc1nnc(-c2ccccc2O)o1)Nc1cccc(Cl)c1Cl. The largest absolute Gasteiger partial charge is 0.507 e. The van der Waals surface area contributed by atoms with Gasteiger partial charge in [-0.25, -0.2) is 0 Å². The van der Waals surface area contributed by atoms with E-state index in [-0.39, 0.29) is 33.5 Å². The molecule has 0 atom stereocenters. The van der Waals surface area contributed by atoms with Crippen LogP contribution >= 0.6 is 35.0 Å². The zero-order valence-electron chi connectivity index (χ0n) is 12.6. The zero-order valence-corrected chi connectivity index (χ0v) is 14.9. The third-order valence-electron chi connectivity index (χ3n) is 3.09. The lowest BCUT2D eigenvalue weighted by Crippen LogP contribution is -2.14. The third kappa shape index (κ3) is 4.25. The molecular weight excluding hydrogens is 385 g/mol. The summed E-state index contributed by atoms with van der Waals surface area (Å²) in [6, 6.07) is 11.6. The number of phenolic OH excluding ortho intramolecular Hbond substituents is 1. The fourth-order valence-electron chi connectivity index (χ4n) is 1.95. The van der Waals surface area contributed by atoms with E-state index in [1.807, 2.05) is 0 Å². The second-order valence-electron chi connectivity index (χ2n) is 4.83. The minimum absolute atomic E-state index is 0.0380. The van der Waals surface area contributed by atoms with E-state index in [4.69, 9.17) is 27.6 Å². The van der Waals surface area contributed by atoms with Gasteiger partial charge in [0, 0.05) is 0 Å². The van der Waals surface area contributed by atoms with Crippen molar-refractivity contribution < 1.29 is 14.3 Å². The molecule has 2 N–H and O–H groups in total. The first-order chi connectivity index (χ1) is 12.0. The molecule has 1 aromatic heterocycles. The van der Waals surface area contributed by atoms with E-state index in [2.05, 4.69) is 15.5 Å². The van der Waals surface area contributed by atoms with Crippen LogP contribution in [-0.4, -0.2) is 27.0 Å². The topological polar surface area (TPSA) is 88.2 Å². The van der Waals surface area contributed by atoms with Crippen molar-refractivity contribution in [3.8, 4) is 17.2 Å². The van der Waals surface area contributed by atoms with Crippen LogP contribution in [0, 0.1) is 0 Å². The third-order valence-corrected chi connectivity index (χ3v) is 4.73. The number of phenols is 1. The average molecular weight is 396 g/mol. The smallest absolute Gasteiger partial charge is 0.277 e. The number of aromatic hydroxyl groups is 1. The van der Waals surface area contributed by atoms with Crippen molar-refractivity contribution in [1.82, 2.24) is 10.2 Å². The fraction of sp³-hybridized carbons (Fsp3) is 0.0625. The first-order valence-electron chi connectivity index (χ1n) is 7.03. The standard InChI is InChI=1S/C16H11Cl2N3O3S/c17-10-5-3-6-11(14(10)18)19-13(23)8-25-16-21-20-15(24-16)9-4-1-2-7-12(9)22/h1-7,22H,8H2,(H,19,23). The van der Waals surface area contributed by atoms with Gasteiger partial charge in [0.2, 0.25) is 5.91 Å². The van der Waals surface area contributed by atoms with E-state index in [0.29, 0.717) is 16.3 Å². The summed E-state index contributed by atoms with van der Waals surface area (Å²) in [5.41, 5.74) is 0.859. The number of hydrogen-bond acceptors (Lipinski definition) is 6. The van der Waals surface area contributed by atoms with E-state index in [0.717, 1.165) is 11.8 Å². The molecule has 9 heteroatoms. The monoisotopic (exact) mass is 395 g/mol. The lowest BCUT2D eigenvalue weighted by molar-refractivity contribution is -0.113. The normalized spacial score (nSPS) is 10.6. The zero-order chi connectivity index (χ0) is 17.8. The summed E-state index contributed by atoms with van der Waals surface area (Å²) in [6.45, 7) is 0. The maximum absolute atomic E-state index is 12.0. The molecule has 0 aliphatic carbocycles. The van der Waals surface area contributed by atoms with Gasteiger partial charge < -0.3 is 14.8 Å². The minimum atomic E-state index is -0.295. The highest BCUT2D eigenvalue weighted by Gasteiger charge is 2.14. The Kier molecular flexibility index (Phi) is 5.47. The van der Waals surface area contributed by atoms with Crippen molar-refractivity contribution >= 4 is 46.6 Å². The molecule has 0 radical (unpaired) electrons. The number of halogens is 2. The number of rotatable bonds is 5. The number of nitrogens with one attached hydrogen (secondary N) is 1. The molecule has 1 heterocycles. The van der Waals surface area contributed by atoms with Gasteiger partial charge in [0.05, 0.1) is 27.0 Å². The number of carbonyl (C=O) groups is 1. The number of aromatic nitrogens is 2. The highest BCUT2D eigenvalue weighted by molar-refractivity contribution is 7.99. The second kappa shape index (κ2) is 7.77. The summed E-state index contributed by atoms with van der Waals surface area (Å²) in [6.07, 6.45) is 0. The van der Waals surface area contributed by atoms with Crippen LogP contribution in [0.1, 0.15) is 0 Å². The Hall–Kier alpha value is -2.22. The maximum Gasteiger partial charge on any atom is 0.277 e. The highest BCUT2D eigenvalue weighted by atomic mass is 35.5. The molecule has 0 aliphatic rings. The van der Waals surface area contributed by atoms with Crippen molar-refractivity contribution in [3.63, 3.8) is 0 Å². The molecule has 0 spiro atoms. The number of anilines is 1. The summed E-state index contributed by atoms with van der Waals surface area (Å²) in [5.74, 6) is -0.0305. The van der Waals surface area contributed by atoms with Crippen LogP contribution in [0.25, 0.3) is 11.5 Å². The summed E-state index contributed by atoms with van der Waals surface area (Å²) in [4.78, 5) is 12.0. The number of thioether (sulfide) groups is 1. The number of amides is 1. The lowest BCUT2D eigenvalue weighted by atomic mass is 10.2.